The molecule has 4 aromatic rings. The molecule has 288 valence electrons. The molecule has 2 aromatic carbocycles. The number of ether oxygens (including phenoxy) is 1. The van der Waals surface area contributed by atoms with Crippen molar-refractivity contribution in [2.45, 2.75) is 64.1 Å². The van der Waals surface area contributed by atoms with Gasteiger partial charge in [-0.05, 0) is 114 Å². The van der Waals surface area contributed by atoms with E-state index in [0.717, 1.165) is 25.0 Å². The molecule has 2 aliphatic heterocycles. The van der Waals surface area contributed by atoms with Crippen molar-refractivity contribution in [3.05, 3.63) is 92.1 Å². The quantitative estimate of drug-likeness (QED) is 0.188. The fourth-order valence-corrected chi connectivity index (χ4v) is 7.24. The van der Waals surface area contributed by atoms with Gasteiger partial charge in [-0.2, -0.15) is 10.5 Å². The molecule has 10 nitrogen and oxygen atoms in total. The van der Waals surface area contributed by atoms with E-state index in [0.29, 0.717) is 59.1 Å². The van der Waals surface area contributed by atoms with E-state index in [-0.39, 0.29) is 46.0 Å². The summed E-state index contributed by atoms with van der Waals surface area (Å²) < 4.78 is 64.5. The lowest BCUT2D eigenvalue weighted by Crippen LogP contribution is -2.46. The molecule has 0 saturated carbocycles. The molecule has 6 rings (SSSR count). The molecule has 2 aromatic heterocycles. The van der Waals surface area contributed by atoms with Crippen LogP contribution in [-0.4, -0.2) is 59.9 Å². The highest BCUT2D eigenvalue weighted by Crippen LogP contribution is 2.37. The smallest absolute Gasteiger partial charge is 0.407 e. The van der Waals surface area contributed by atoms with Crippen LogP contribution in [0.2, 0.25) is 0 Å². The number of carbonyl (C=O) groups excluding carboxylic acids is 1. The Hall–Kier alpha value is -4.77. The summed E-state index contributed by atoms with van der Waals surface area (Å²) in [6.07, 6.45) is 5.29. The second kappa shape index (κ2) is 17.8. The Morgan fingerprint density at radius 3 is 1.60 bits per heavy atom. The first-order valence-electron chi connectivity index (χ1n) is 17.4. The standard InChI is InChI=1S/C22H23BrF2N4O2.C17H15BrF2N4/c1-22(2,3)31-21(30)28-15-6-8-29(9-7-15)20-19(25)18(16(23)12-27-20)13-4-5-14(11-26)17(24)10-13;18-13-9-23-17(24-5-3-12(22)4-6-24)16(20)15(13)10-1-2-11(8-21)14(19)7-10/h4-5,10,12,15H,6-9H2,1-3H3,(H,28,30);1-2,7,9,12H,3-6,22H2. The van der Waals surface area contributed by atoms with Crippen molar-refractivity contribution in [3.63, 3.8) is 0 Å². The highest BCUT2D eigenvalue weighted by atomic mass is 79.9. The maximum absolute atomic E-state index is 15.4. The van der Waals surface area contributed by atoms with Crippen LogP contribution in [0.3, 0.4) is 0 Å². The van der Waals surface area contributed by atoms with Crippen LogP contribution in [0.15, 0.2) is 57.7 Å². The lowest BCUT2D eigenvalue weighted by atomic mass is 10.0. The van der Waals surface area contributed by atoms with Crippen LogP contribution in [0.5, 0.6) is 0 Å². The average Bonchev–Trinajstić information content (AvgIpc) is 3.12. The molecule has 1 amide bonds. The molecule has 4 heterocycles. The lowest BCUT2D eigenvalue weighted by molar-refractivity contribution is 0.0497. The molecule has 0 atom stereocenters. The van der Waals surface area contributed by atoms with Gasteiger partial charge in [-0.15, -0.1) is 0 Å². The van der Waals surface area contributed by atoms with Gasteiger partial charge < -0.3 is 25.6 Å². The molecule has 0 aliphatic carbocycles. The minimum atomic E-state index is -0.710. The van der Waals surface area contributed by atoms with Crippen LogP contribution in [0.1, 0.15) is 57.6 Å². The number of hydrogen-bond donors (Lipinski definition) is 2. The Morgan fingerprint density at radius 2 is 1.22 bits per heavy atom. The first-order chi connectivity index (χ1) is 26.1. The molecule has 55 heavy (non-hydrogen) atoms. The number of amides is 1. The normalized spacial score (nSPS) is 15.1. The summed E-state index contributed by atoms with van der Waals surface area (Å²) in [6.45, 7) is 7.65. The predicted molar refractivity (Wildman–Crippen MR) is 208 cm³/mol. The van der Waals surface area contributed by atoms with Gasteiger partial charge in [0.2, 0.25) is 0 Å². The van der Waals surface area contributed by atoms with E-state index in [1.807, 2.05) is 4.90 Å². The van der Waals surface area contributed by atoms with Crippen molar-refractivity contribution in [1.82, 2.24) is 15.3 Å². The third-order valence-corrected chi connectivity index (χ3v) is 10.2. The van der Waals surface area contributed by atoms with Crippen molar-refractivity contribution in [2.75, 3.05) is 36.0 Å². The summed E-state index contributed by atoms with van der Waals surface area (Å²) in [5.74, 6) is -2.06. The molecular formula is C39H38Br2F4N8O2. The summed E-state index contributed by atoms with van der Waals surface area (Å²) >= 11 is 6.58. The second-order valence-corrected chi connectivity index (χ2v) is 15.8. The predicted octanol–water partition coefficient (Wildman–Crippen LogP) is 8.74. The monoisotopic (exact) mass is 884 g/mol. The zero-order valence-corrected chi connectivity index (χ0v) is 33.4. The number of benzene rings is 2. The molecule has 16 heteroatoms. The SMILES string of the molecule is CC(C)(C)OC(=O)NC1CCN(c2ncc(Br)c(-c3ccc(C#N)c(F)c3)c2F)CC1.N#Cc1ccc(-c2c(Br)cnc(N3CCC(N)CC3)c2F)cc1F. The van der Waals surface area contributed by atoms with E-state index in [4.69, 9.17) is 21.0 Å². The molecule has 0 bridgehead atoms. The Bertz CT molecular complexity index is 2140. The van der Waals surface area contributed by atoms with Gasteiger partial charge in [0.25, 0.3) is 0 Å². The number of nitrogens with one attached hydrogen (secondary N) is 1. The molecule has 0 unspecified atom stereocenters. The number of anilines is 2. The van der Waals surface area contributed by atoms with E-state index in [2.05, 4.69) is 47.1 Å². The van der Waals surface area contributed by atoms with Crippen molar-refractivity contribution in [3.8, 4) is 34.4 Å². The summed E-state index contributed by atoms with van der Waals surface area (Å²) in [5, 5.41) is 20.6. The van der Waals surface area contributed by atoms with Crippen LogP contribution >= 0.6 is 31.9 Å². The number of nitrogens with zero attached hydrogens (tertiary/aromatic N) is 6. The van der Waals surface area contributed by atoms with Crippen LogP contribution in [0, 0.1) is 45.9 Å². The number of rotatable bonds is 5. The number of carbonyl (C=O) groups is 1. The van der Waals surface area contributed by atoms with Crippen LogP contribution in [0.25, 0.3) is 22.3 Å². The largest absolute Gasteiger partial charge is 0.444 e. The molecule has 2 aliphatic rings. The minimum absolute atomic E-state index is 0.0725. The first-order valence-corrected chi connectivity index (χ1v) is 19.0. The fraction of sp³-hybridized carbons (Fsp3) is 0.359. The summed E-state index contributed by atoms with van der Waals surface area (Å²) in [5.41, 5.74) is 6.22. The number of hydrogen-bond acceptors (Lipinski definition) is 9. The van der Waals surface area contributed by atoms with Crippen LogP contribution in [0.4, 0.5) is 34.0 Å². The van der Waals surface area contributed by atoms with Crippen LogP contribution in [-0.2, 0) is 4.74 Å². The Labute approximate surface area is 333 Å². The van der Waals surface area contributed by atoms with Crippen molar-refractivity contribution < 1.29 is 27.1 Å². The molecule has 2 fully saturated rings. The van der Waals surface area contributed by atoms with E-state index in [1.54, 1.807) is 37.8 Å². The molecular weight excluding hydrogens is 848 g/mol. The summed E-state index contributed by atoms with van der Waals surface area (Å²) in [4.78, 5) is 24.0. The van der Waals surface area contributed by atoms with Crippen LogP contribution < -0.4 is 20.9 Å². The molecule has 2 saturated heterocycles. The van der Waals surface area contributed by atoms with E-state index >= 15 is 8.78 Å². The Morgan fingerprint density at radius 1 is 0.800 bits per heavy atom. The van der Waals surface area contributed by atoms with E-state index in [1.165, 1.54) is 36.7 Å². The highest BCUT2D eigenvalue weighted by molar-refractivity contribution is 9.11. The average molecular weight is 887 g/mol. The molecule has 0 spiro atoms. The van der Waals surface area contributed by atoms with Gasteiger partial charge in [-0.1, -0.05) is 12.1 Å². The van der Waals surface area contributed by atoms with Crippen molar-refractivity contribution >= 4 is 49.6 Å². The summed E-state index contributed by atoms with van der Waals surface area (Å²) in [6, 6.07) is 11.6. The number of nitriles is 2. The van der Waals surface area contributed by atoms with Gasteiger partial charge in [0.05, 0.1) is 11.1 Å². The van der Waals surface area contributed by atoms with Gasteiger partial charge >= 0.3 is 6.09 Å². The van der Waals surface area contributed by atoms with Gasteiger partial charge in [-0.25, -0.2) is 32.3 Å². The maximum Gasteiger partial charge on any atom is 0.407 e. The number of pyridine rings is 2. The molecule has 3 N–H and O–H groups in total. The molecule has 0 radical (unpaired) electrons. The van der Waals surface area contributed by atoms with E-state index in [9.17, 15) is 13.6 Å². The van der Waals surface area contributed by atoms with Crippen molar-refractivity contribution in [1.29, 1.82) is 10.5 Å². The zero-order chi connectivity index (χ0) is 40.0. The maximum atomic E-state index is 15.4. The van der Waals surface area contributed by atoms with Gasteiger partial charge in [0.1, 0.15) is 29.4 Å². The third kappa shape index (κ3) is 10.1. The fourth-order valence-electron chi connectivity index (χ4n) is 6.23. The highest BCUT2D eigenvalue weighted by Gasteiger charge is 2.28. The van der Waals surface area contributed by atoms with Gasteiger partial charge in [-0.3, -0.25) is 0 Å². The zero-order valence-electron chi connectivity index (χ0n) is 30.3. The Balaban J connectivity index is 0.000000218. The minimum Gasteiger partial charge on any atom is -0.444 e. The Kier molecular flexibility index (Phi) is 13.4. The third-order valence-electron chi connectivity index (χ3n) is 9.02. The number of halogens is 6. The number of alkyl carbamates (subject to hydrolysis) is 1. The van der Waals surface area contributed by atoms with Crippen molar-refractivity contribution in [2.24, 2.45) is 5.73 Å². The van der Waals surface area contributed by atoms with E-state index < -0.39 is 35.0 Å². The topological polar surface area (TPSA) is 144 Å². The second-order valence-electron chi connectivity index (χ2n) is 14.1. The first kappa shape index (κ1) is 41.4. The number of piperidine rings is 2. The van der Waals surface area contributed by atoms with Gasteiger partial charge in [0, 0.05) is 70.7 Å². The number of aromatic nitrogens is 2. The number of nitrogens with two attached hydrogens (primary N) is 1. The lowest BCUT2D eigenvalue weighted by Gasteiger charge is -2.34. The van der Waals surface area contributed by atoms with Gasteiger partial charge in [0.15, 0.2) is 23.3 Å². The summed E-state index contributed by atoms with van der Waals surface area (Å²) in [7, 11) is 0.